The van der Waals surface area contributed by atoms with E-state index in [1.165, 1.54) is 0 Å². The van der Waals surface area contributed by atoms with Crippen molar-refractivity contribution in [3.05, 3.63) is 35.4 Å². The normalized spacial score (nSPS) is 17.3. The summed E-state index contributed by atoms with van der Waals surface area (Å²) in [7, 11) is 1.63. The van der Waals surface area contributed by atoms with Gasteiger partial charge >= 0.3 is 0 Å². The number of carbonyl (C=O) groups excluding carboxylic acids is 1. The average Bonchev–Trinajstić information content (AvgIpc) is 2.47. The highest BCUT2D eigenvalue weighted by atomic mass is 35.5. The molecule has 0 spiro atoms. The number of ether oxygens (including phenoxy) is 2. The van der Waals surface area contributed by atoms with Gasteiger partial charge in [0.25, 0.3) is 0 Å². The number of rotatable bonds is 4. The Labute approximate surface area is 118 Å². The molecule has 1 fully saturated rings. The molecule has 1 heterocycles. The molecule has 1 aliphatic rings. The second kappa shape index (κ2) is 6.89. The lowest BCUT2D eigenvalue weighted by Crippen LogP contribution is -2.42. The van der Waals surface area contributed by atoms with Crippen molar-refractivity contribution < 1.29 is 14.3 Å². The molecule has 104 valence electrons. The van der Waals surface area contributed by atoms with Crippen LogP contribution < -0.4 is 0 Å². The summed E-state index contributed by atoms with van der Waals surface area (Å²) >= 11 is 6.34. The summed E-state index contributed by atoms with van der Waals surface area (Å²) in [5.41, 5.74) is 1.77. The molecule has 1 aliphatic heterocycles. The van der Waals surface area contributed by atoms with Crippen LogP contribution in [0.2, 0.25) is 0 Å². The van der Waals surface area contributed by atoms with Crippen LogP contribution in [0.25, 0.3) is 0 Å². The van der Waals surface area contributed by atoms with E-state index < -0.39 is 5.38 Å². The quantitative estimate of drug-likeness (QED) is 0.793. The first-order valence-corrected chi connectivity index (χ1v) is 6.75. The Hall–Kier alpha value is -1.10. The molecule has 1 aromatic rings. The highest BCUT2D eigenvalue weighted by Gasteiger charge is 2.26. The minimum Gasteiger partial charge on any atom is -0.380 e. The molecule has 0 bridgehead atoms. The van der Waals surface area contributed by atoms with Crippen LogP contribution in [0.5, 0.6) is 0 Å². The second-order valence-corrected chi connectivity index (χ2v) is 4.87. The van der Waals surface area contributed by atoms with E-state index in [2.05, 4.69) is 0 Å². The van der Waals surface area contributed by atoms with Crippen molar-refractivity contribution in [2.24, 2.45) is 0 Å². The van der Waals surface area contributed by atoms with E-state index in [0.717, 1.165) is 11.1 Å². The number of amides is 1. The van der Waals surface area contributed by atoms with E-state index in [1.807, 2.05) is 24.3 Å². The van der Waals surface area contributed by atoms with E-state index in [1.54, 1.807) is 12.0 Å². The first-order valence-electron chi connectivity index (χ1n) is 6.31. The van der Waals surface area contributed by atoms with Gasteiger partial charge in [-0.05, 0) is 11.1 Å². The van der Waals surface area contributed by atoms with Crippen LogP contribution in [-0.2, 0) is 20.9 Å². The Bertz CT molecular complexity index is 432. The van der Waals surface area contributed by atoms with Crippen LogP contribution >= 0.6 is 11.6 Å². The Balaban J connectivity index is 2.13. The van der Waals surface area contributed by atoms with Crippen molar-refractivity contribution in [2.45, 2.75) is 12.0 Å². The molecule has 4 nitrogen and oxygen atoms in total. The van der Waals surface area contributed by atoms with E-state index >= 15 is 0 Å². The fraction of sp³-hybridized carbons (Fsp3) is 0.500. The average molecular weight is 284 g/mol. The molecular weight excluding hydrogens is 266 g/mol. The Morgan fingerprint density at radius 3 is 2.79 bits per heavy atom. The third-order valence-electron chi connectivity index (χ3n) is 3.17. The zero-order chi connectivity index (χ0) is 13.7. The zero-order valence-corrected chi connectivity index (χ0v) is 11.7. The molecule has 1 saturated heterocycles. The van der Waals surface area contributed by atoms with Crippen LogP contribution in [0.15, 0.2) is 24.3 Å². The summed E-state index contributed by atoms with van der Waals surface area (Å²) in [4.78, 5) is 14.1. The molecular formula is C14H18ClNO3. The molecule has 1 unspecified atom stereocenters. The molecule has 0 aliphatic carbocycles. The van der Waals surface area contributed by atoms with Gasteiger partial charge in [-0.25, -0.2) is 0 Å². The third-order valence-corrected chi connectivity index (χ3v) is 3.59. The number of morpholine rings is 1. The van der Waals surface area contributed by atoms with Crippen LogP contribution in [0.1, 0.15) is 16.5 Å². The standard InChI is InChI=1S/C14H18ClNO3/c1-18-10-11-4-2-3-5-12(11)13(15)14(17)16-6-8-19-9-7-16/h2-5,13H,6-10H2,1H3. The predicted molar refractivity (Wildman–Crippen MR) is 73.1 cm³/mol. The lowest BCUT2D eigenvalue weighted by atomic mass is 10.0. The Morgan fingerprint density at radius 1 is 1.42 bits per heavy atom. The number of nitrogens with zero attached hydrogens (tertiary/aromatic N) is 1. The number of alkyl halides is 1. The number of carbonyl (C=O) groups is 1. The van der Waals surface area contributed by atoms with E-state index in [0.29, 0.717) is 32.9 Å². The predicted octanol–water partition coefficient (Wildman–Crippen LogP) is 1.97. The maximum Gasteiger partial charge on any atom is 0.245 e. The fourth-order valence-electron chi connectivity index (χ4n) is 2.15. The van der Waals surface area contributed by atoms with Crippen LogP contribution in [0.4, 0.5) is 0 Å². The zero-order valence-electron chi connectivity index (χ0n) is 11.0. The van der Waals surface area contributed by atoms with Gasteiger partial charge in [-0.15, -0.1) is 11.6 Å². The number of hydrogen-bond acceptors (Lipinski definition) is 3. The van der Waals surface area contributed by atoms with Gasteiger partial charge in [0, 0.05) is 20.2 Å². The molecule has 1 amide bonds. The number of halogens is 1. The first kappa shape index (κ1) is 14.3. The molecule has 0 radical (unpaired) electrons. The van der Waals surface area contributed by atoms with E-state index in [-0.39, 0.29) is 5.91 Å². The van der Waals surface area contributed by atoms with Crippen molar-refractivity contribution in [1.82, 2.24) is 4.90 Å². The summed E-state index contributed by atoms with van der Waals surface area (Å²) in [6, 6.07) is 7.61. The van der Waals surface area contributed by atoms with E-state index in [9.17, 15) is 4.79 Å². The molecule has 2 rings (SSSR count). The largest absolute Gasteiger partial charge is 0.380 e. The van der Waals surface area contributed by atoms with Gasteiger partial charge in [0.05, 0.1) is 19.8 Å². The summed E-state index contributed by atoms with van der Waals surface area (Å²) in [6.07, 6.45) is 0. The van der Waals surface area contributed by atoms with Gasteiger partial charge in [-0.2, -0.15) is 0 Å². The van der Waals surface area contributed by atoms with E-state index in [4.69, 9.17) is 21.1 Å². The van der Waals surface area contributed by atoms with Gasteiger partial charge in [0.2, 0.25) is 5.91 Å². The molecule has 1 aromatic carbocycles. The molecule has 5 heteroatoms. The van der Waals surface area contributed by atoms with Gasteiger partial charge in [-0.3, -0.25) is 4.79 Å². The first-order chi connectivity index (χ1) is 9.24. The summed E-state index contributed by atoms with van der Waals surface area (Å²) in [6.45, 7) is 2.82. The molecule has 1 atom stereocenters. The topological polar surface area (TPSA) is 38.8 Å². The number of hydrogen-bond donors (Lipinski definition) is 0. The van der Waals surface area contributed by atoms with Gasteiger partial charge in [-0.1, -0.05) is 24.3 Å². The van der Waals surface area contributed by atoms with Crippen LogP contribution in [-0.4, -0.2) is 44.2 Å². The maximum absolute atomic E-state index is 12.4. The monoisotopic (exact) mass is 283 g/mol. The van der Waals surface area contributed by atoms with Crippen molar-refractivity contribution in [2.75, 3.05) is 33.4 Å². The smallest absolute Gasteiger partial charge is 0.245 e. The number of benzene rings is 1. The fourth-order valence-corrected chi connectivity index (χ4v) is 2.50. The lowest BCUT2D eigenvalue weighted by molar-refractivity contribution is -0.135. The summed E-state index contributed by atoms with van der Waals surface area (Å²) < 4.78 is 10.4. The van der Waals surface area contributed by atoms with Crippen molar-refractivity contribution in [1.29, 1.82) is 0 Å². The third kappa shape index (κ3) is 3.47. The minimum absolute atomic E-state index is 0.0616. The molecule has 19 heavy (non-hydrogen) atoms. The van der Waals surface area contributed by atoms with Gasteiger partial charge < -0.3 is 14.4 Å². The van der Waals surface area contributed by atoms with Crippen LogP contribution in [0.3, 0.4) is 0 Å². The molecule has 0 saturated carbocycles. The molecule has 0 N–H and O–H groups in total. The minimum atomic E-state index is -0.663. The summed E-state index contributed by atoms with van der Waals surface area (Å²) in [5.74, 6) is -0.0616. The van der Waals surface area contributed by atoms with Gasteiger partial charge in [0.1, 0.15) is 5.38 Å². The van der Waals surface area contributed by atoms with Crippen molar-refractivity contribution >= 4 is 17.5 Å². The highest BCUT2D eigenvalue weighted by molar-refractivity contribution is 6.30. The number of methoxy groups -OCH3 is 1. The maximum atomic E-state index is 12.4. The molecule has 0 aromatic heterocycles. The Kier molecular flexibility index (Phi) is 5.19. The Morgan fingerprint density at radius 2 is 2.11 bits per heavy atom. The van der Waals surface area contributed by atoms with Crippen molar-refractivity contribution in [3.63, 3.8) is 0 Å². The SMILES string of the molecule is COCc1ccccc1C(Cl)C(=O)N1CCOCC1. The summed E-state index contributed by atoms with van der Waals surface area (Å²) in [5, 5.41) is -0.663. The lowest BCUT2D eigenvalue weighted by Gasteiger charge is -2.29. The van der Waals surface area contributed by atoms with Gasteiger partial charge in [0.15, 0.2) is 0 Å². The second-order valence-electron chi connectivity index (χ2n) is 4.43. The highest BCUT2D eigenvalue weighted by Crippen LogP contribution is 2.27. The van der Waals surface area contributed by atoms with Crippen LogP contribution in [0, 0.1) is 0 Å². The van der Waals surface area contributed by atoms with Crippen molar-refractivity contribution in [3.8, 4) is 0 Å².